The fraction of sp³-hybridized carbons (Fsp3) is 0.545. The Labute approximate surface area is 251 Å². The summed E-state index contributed by atoms with van der Waals surface area (Å²) in [6, 6.07) is 14.0. The summed E-state index contributed by atoms with van der Waals surface area (Å²) < 4.78 is 5.50. The maximum atomic E-state index is 14.4. The first-order chi connectivity index (χ1) is 19.5. The number of hydrogen-bond acceptors (Lipinski definition) is 5. The standard InChI is InChI=1S/C33H49N3O4S/c1-8-9-10-14-20-36(31(38)28(19-21-41-7)35-32(39)40-33(4,5)6)29(27-18-17-24(2)22-25(27)3)30(37)34-23-26-15-12-11-13-16-26/h11-13,15-18,22,28-29H,8-10,14,19-21,23H2,1-7H3,(H,34,37)(H,35,39). The van der Waals surface area contributed by atoms with Crippen molar-refractivity contribution in [2.75, 3.05) is 18.6 Å². The summed E-state index contributed by atoms with van der Waals surface area (Å²) in [6.07, 6.45) is 5.56. The van der Waals surface area contributed by atoms with Crippen LogP contribution in [-0.4, -0.2) is 53.0 Å². The Hall–Kier alpha value is -3.00. The third-order valence-corrected chi connectivity index (χ3v) is 7.37. The number of ether oxygens (including phenoxy) is 1. The quantitative estimate of drug-likeness (QED) is 0.227. The molecule has 2 unspecified atom stereocenters. The zero-order valence-corrected chi connectivity index (χ0v) is 26.7. The lowest BCUT2D eigenvalue weighted by atomic mass is 9.96. The molecule has 2 N–H and O–H groups in total. The molecule has 0 bridgehead atoms. The van der Waals surface area contributed by atoms with E-state index in [0.29, 0.717) is 25.3 Å². The fourth-order valence-corrected chi connectivity index (χ4v) is 5.15. The van der Waals surface area contributed by atoms with Gasteiger partial charge in [-0.3, -0.25) is 9.59 Å². The highest BCUT2D eigenvalue weighted by molar-refractivity contribution is 7.98. The number of aryl methyl sites for hydroxylation is 2. The number of benzene rings is 2. The van der Waals surface area contributed by atoms with E-state index in [-0.39, 0.29) is 11.8 Å². The van der Waals surface area contributed by atoms with E-state index < -0.39 is 23.8 Å². The van der Waals surface area contributed by atoms with Crippen molar-refractivity contribution in [3.63, 3.8) is 0 Å². The van der Waals surface area contributed by atoms with Crippen molar-refractivity contribution < 1.29 is 19.1 Å². The molecule has 0 heterocycles. The summed E-state index contributed by atoms with van der Waals surface area (Å²) >= 11 is 1.60. The minimum atomic E-state index is -0.842. The second-order valence-electron chi connectivity index (χ2n) is 11.5. The molecule has 0 saturated heterocycles. The molecule has 41 heavy (non-hydrogen) atoms. The predicted octanol–water partition coefficient (Wildman–Crippen LogP) is 6.72. The predicted molar refractivity (Wildman–Crippen MR) is 169 cm³/mol. The Morgan fingerprint density at radius 1 is 1.00 bits per heavy atom. The van der Waals surface area contributed by atoms with Crippen LogP contribution in [0.25, 0.3) is 0 Å². The average Bonchev–Trinajstić information content (AvgIpc) is 2.91. The summed E-state index contributed by atoms with van der Waals surface area (Å²) in [6.45, 7) is 12.3. The molecule has 226 valence electrons. The maximum absolute atomic E-state index is 14.4. The number of rotatable bonds is 15. The number of amides is 3. The van der Waals surface area contributed by atoms with Gasteiger partial charge in [-0.05, 0) is 76.2 Å². The van der Waals surface area contributed by atoms with E-state index in [1.54, 1.807) is 37.4 Å². The lowest BCUT2D eigenvalue weighted by Crippen LogP contribution is -2.53. The van der Waals surface area contributed by atoms with Crippen LogP contribution in [0, 0.1) is 13.8 Å². The third-order valence-electron chi connectivity index (χ3n) is 6.72. The van der Waals surface area contributed by atoms with Crippen molar-refractivity contribution >= 4 is 29.7 Å². The molecular weight excluding hydrogens is 534 g/mol. The number of nitrogens with zero attached hydrogens (tertiary/aromatic N) is 1. The Balaban J connectivity index is 2.50. The number of thioether (sulfide) groups is 1. The summed E-state index contributed by atoms with van der Waals surface area (Å²) in [5.41, 5.74) is 3.09. The molecule has 7 nitrogen and oxygen atoms in total. The van der Waals surface area contributed by atoms with Crippen LogP contribution in [0.5, 0.6) is 0 Å². The van der Waals surface area contributed by atoms with Gasteiger partial charge in [-0.15, -0.1) is 0 Å². The molecule has 0 aliphatic heterocycles. The van der Waals surface area contributed by atoms with Crippen LogP contribution < -0.4 is 10.6 Å². The van der Waals surface area contributed by atoms with Gasteiger partial charge in [0.25, 0.3) is 0 Å². The Kier molecular flexibility index (Phi) is 14.2. The lowest BCUT2D eigenvalue weighted by Gasteiger charge is -2.35. The molecule has 0 aromatic heterocycles. The van der Waals surface area contributed by atoms with Crippen LogP contribution in [0.2, 0.25) is 0 Å². The SMILES string of the molecule is CCCCCCN(C(=O)C(CCSC)NC(=O)OC(C)(C)C)C(C(=O)NCc1ccccc1)c1ccc(C)cc1C. The lowest BCUT2D eigenvalue weighted by molar-refractivity contribution is -0.142. The van der Waals surface area contributed by atoms with Crippen molar-refractivity contribution in [2.45, 2.75) is 97.9 Å². The van der Waals surface area contributed by atoms with Crippen LogP contribution >= 0.6 is 11.8 Å². The number of nitrogens with one attached hydrogen (secondary N) is 2. The van der Waals surface area contributed by atoms with Crippen LogP contribution in [-0.2, 0) is 20.9 Å². The monoisotopic (exact) mass is 583 g/mol. The average molecular weight is 584 g/mol. The zero-order chi connectivity index (χ0) is 30.4. The number of alkyl carbamates (subject to hydrolysis) is 1. The smallest absolute Gasteiger partial charge is 0.408 e. The van der Waals surface area contributed by atoms with E-state index in [0.717, 1.165) is 47.9 Å². The molecule has 8 heteroatoms. The normalized spacial score (nSPS) is 12.8. The van der Waals surface area contributed by atoms with Crippen LogP contribution in [0.15, 0.2) is 48.5 Å². The molecule has 0 aliphatic carbocycles. The molecule has 0 saturated carbocycles. The van der Waals surface area contributed by atoms with Gasteiger partial charge in [0, 0.05) is 13.1 Å². The van der Waals surface area contributed by atoms with Crippen LogP contribution in [0.1, 0.15) is 88.1 Å². The number of carbonyl (C=O) groups excluding carboxylic acids is 3. The van der Waals surface area contributed by atoms with E-state index in [9.17, 15) is 14.4 Å². The highest BCUT2D eigenvalue weighted by Crippen LogP contribution is 2.28. The second kappa shape index (κ2) is 17.1. The number of unbranched alkanes of at least 4 members (excludes halogenated alkanes) is 3. The van der Waals surface area contributed by atoms with Gasteiger partial charge in [-0.25, -0.2) is 4.79 Å². The van der Waals surface area contributed by atoms with Gasteiger partial charge in [0.2, 0.25) is 11.8 Å². The molecule has 0 radical (unpaired) electrons. The first kappa shape index (κ1) is 34.2. The van der Waals surface area contributed by atoms with Gasteiger partial charge in [0.05, 0.1) is 0 Å². The zero-order valence-electron chi connectivity index (χ0n) is 25.9. The molecule has 2 aromatic rings. The van der Waals surface area contributed by atoms with Crippen LogP contribution in [0.3, 0.4) is 0 Å². The summed E-state index contributed by atoms with van der Waals surface area (Å²) in [5, 5.41) is 5.90. The van der Waals surface area contributed by atoms with E-state index in [2.05, 4.69) is 17.6 Å². The van der Waals surface area contributed by atoms with Gasteiger partial charge in [-0.1, -0.05) is 80.3 Å². The van der Waals surface area contributed by atoms with Crippen LogP contribution in [0.4, 0.5) is 4.79 Å². The molecule has 0 spiro atoms. The van der Waals surface area contributed by atoms with Crippen molar-refractivity contribution in [3.8, 4) is 0 Å². The molecule has 0 fully saturated rings. The molecular formula is C33H49N3O4S. The minimum Gasteiger partial charge on any atom is -0.444 e. The highest BCUT2D eigenvalue weighted by Gasteiger charge is 2.36. The van der Waals surface area contributed by atoms with Crippen molar-refractivity contribution in [1.82, 2.24) is 15.5 Å². The third kappa shape index (κ3) is 11.8. The van der Waals surface area contributed by atoms with E-state index in [1.165, 1.54) is 0 Å². The van der Waals surface area contributed by atoms with Gasteiger partial charge in [-0.2, -0.15) is 11.8 Å². The fourth-order valence-electron chi connectivity index (χ4n) is 4.68. The first-order valence-electron chi connectivity index (χ1n) is 14.6. The number of carbonyl (C=O) groups is 3. The van der Waals surface area contributed by atoms with E-state index in [4.69, 9.17) is 4.74 Å². The first-order valence-corrected chi connectivity index (χ1v) is 16.0. The Morgan fingerprint density at radius 2 is 1.71 bits per heavy atom. The number of hydrogen-bond donors (Lipinski definition) is 2. The summed E-state index contributed by atoms with van der Waals surface area (Å²) in [5.74, 6) is 0.149. The summed E-state index contributed by atoms with van der Waals surface area (Å²) in [7, 11) is 0. The van der Waals surface area contributed by atoms with Gasteiger partial charge in [0.1, 0.15) is 17.7 Å². The molecule has 2 rings (SSSR count). The second-order valence-corrected chi connectivity index (χ2v) is 12.5. The highest BCUT2D eigenvalue weighted by atomic mass is 32.2. The van der Waals surface area contributed by atoms with Gasteiger partial charge >= 0.3 is 6.09 Å². The van der Waals surface area contributed by atoms with Crippen molar-refractivity contribution in [3.05, 3.63) is 70.8 Å². The Bertz CT molecular complexity index is 1120. The van der Waals surface area contributed by atoms with Crippen molar-refractivity contribution in [2.24, 2.45) is 0 Å². The molecule has 3 amide bonds. The van der Waals surface area contributed by atoms with E-state index in [1.807, 2.05) is 68.6 Å². The van der Waals surface area contributed by atoms with Gasteiger partial charge < -0.3 is 20.3 Å². The molecule has 0 aliphatic rings. The molecule has 2 aromatic carbocycles. The Morgan fingerprint density at radius 3 is 2.32 bits per heavy atom. The topological polar surface area (TPSA) is 87.7 Å². The minimum absolute atomic E-state index is 0.245. The van der Waals surface area contributed by atoms with E-state index >= 15 is 0 Å². The largest absolute Gasteiger partial charge is 0.444 e. The summed E-state index contributed by atoms with van der Waals surface area (Å²) in [4.78, 5) is 42.8. The molecule has 2 atom stereocenters. The van der Waals surface area contributed by atoms with Crippen molar-refractivity contribution in [1.29, 1.82) is 0 Å². The van der Waals surface area contributed by atoms with Gasteiger partial charge in [0.15, 0.2) is 0 Å². The maximum Gasteiger partial charge on any atom is 0.408 e.